The Morgan fingerprint density at radius 1 is 1.56 bits per heavy atom. The van der Waals surface area contributed by atoms with Crippen molar-refractivity contribution in [3.8, 4) is 0 Å². The average molecular weight is 289 g/mol. The lowest BCUT2D eigenvalue weighted by Gasteiger charge is -2.16. The minimum atomic E-state index is -0.463. The summed E-state index contributed by atoms with van der Waals surface area (Å²) in [5.41, 5.74) is 1.64. The van der Waals surface area contributed by atoms with E-state index in [-0.39, 0.29) is 10.7 Å². The quantitative estimate of drug-likeness (QED) is 0.632. The molecule has 0 saturated heterocycles. The minimum absolute atomic E-state index is 0.0460. The number of nitro groups is 1. The average Bonchev–Trinajstić information content (AvgIpc) is 2.30. The molecule has 0 aromatic heterocycles. The molecule has 0 spiro atoms. The summed E-state index contributed by atoms with van der Waals surface area (Å²) >= 11 is 7.75. The normalized spacial score (nSPS) is 12.2. The van der Waals surface area contributed by atoms with E-state index >= 15 is 0 Å². The molecule has 1 N–H and O–H groups in total. The van der Waals surface area contributed by atoms with Crippen LogP contribution in [0.15, 0.2) is 12.1 Å². The topological polar surface area (TPSA) is 55.2 Å². The highest BCUT2D eigenvalue weighted by Crippen LogP contribution is 2.30. The van der Waals surface area contributed by atoms with Gasteiger partial charge in [0.25, 0.3) is 5.69 Å². The summed E-state index contributed by atoms with van der Waals surface area (Å²) in [5, 5.41) is 14.2. The van der Waals surface area contributed by atoms with Gasteiger partial charge in [-0.1, -0.05) is 18.5 Å². The van der Waals surface area contributed by atoms with E-state index in [0.29, 0.717) is 6.04 Å². The smallest absolute Gasteiger partial charge is 0.288 e. The van der Waals surface area contributed by atoms with Crippen molar-refractivity contribution in [3.05, 3.63) is 32.8 Å². The van der Waals surface area contributed by atoms with Crippen LogP contribution in [0, 0.1) is 17.0 Å². The van der Waals surface area contributed by atoms with Crippen LogP contribution in [-0.4, -0.2) is 22.5 Å². The van der Waals surface area contributed by atoms with Crippen molar-refractivity contribution in [1.82, 2.24) is 0 Å². The number of benzene rings is 1. The molecule has 0 saturated carbocycles. The molecule has 1 aromatic rings. The van der Waals surface area contributed by atoms with E-state index in [0.717, 1.165) is 22.8 Å². The van der Waals surface area contributed by atoms with Crippen LogP contribution in [0.2, 0.25) is 5.02 Å². The van der Waals surface area contributed by atoms with Gasteiger partial charge in [0, 0.05) is 23.5 Å². The standard InChI is InChI=1S/C12H17ClN2O2S/c1-4-18-7-9(3)14-11-6-10(13)12(15(16)17)5-8(11)2/h5-6,9,14H,4,7H2,1-3H3. The number of aryl methyl sites for hydroxylation is 1. The number of rotatable bonds is 6. The zero-order valence-corrected chi connectivity index (χ0v) is 12.3. The van der Waals surface area contributed by atoms with E-state index in [1.807, 2.05) is 18.7 Å². The van der Waals surface area contributed by atoms with Gasteiger partial charge in [-0.15, -0.1) is 0 Å². The fraction of sp³-hybridized carbons (Fsp3) is 0.500. The van der Waals surface area contributed by atoms with E-state index in [2.05, 4.69) is 19.2 Å². The molecular weight excluding hydrogens is 272 g/mol. The lowest BCUT2D eigenvalue weighted by atomic mass is 10.1. The molecule has 1 rings (SSSR count). The highest BCUT2D eigenvalue weighted by molar-refractivity contribution is 7.99. The van der Waals surface area contributed by atoms with E-state index in [1.165, 1.54) is 6.07 Å². The first-order valence-corrected chi connectivity index (χ1v) is 7.27. The number of hydrogen-bond donors (Lipinski definition) is 1. The molecule has 0 aliphatic rings. The first-order chi connectivity index (χ1) is 8.45. The maximum atomic E-state index is 10.7. The molecule has 1 unspecified atom stereocenters. The van der Waals surface area contributed by atoms with Crippen molar-refractivity contribution in [3.63, 3.8) is 0 Å². The van der Waals surface area contributed by atoms with Crippen molar-refractivity contribution in [2.75, 3.05) is 16.8 Å². The zero-order valence-electron chi connectivity index (χ0n) is 10.7. The lowest BCUT2D eigenvalue weighted by Crippen LogP contribution is -2.18. The molecule has 1 atom stereocenters. The number of halogens is 1. The van der Waals surface area contributed by atoms with E-state index in [1.54, 1.807) is 6.07 Å². The van der Waals surface area contributed by atoms with E-state index in [9.17, 15) is 10.1 Å². The molecule has 0 fully saturated rings. The highest BCUT2D eigenvalue weighted by atomic mass is 35.5. The summed E-state index contributed by atoms with van der Waals surface area (Å²) in [6.07, 6.45) is 0. The van der Waals surface area contributed by atoms with Gasteiger partial charge in [0.05, 0.1) is 4.92 Å². The van der Waals surface area contributed by atoms with Crippen LogP contribution in [0.5, 0.6) is 0 Å². The minimum Gasteiger partial charge on any atom is -0.381 e. The largest absolute Gasteiger partial charge is 0.381 e. The predicted molar refractivity (Wildman–Crippen MR) is 78.9 cm³/mol. The summed E-state index contributed by atoms with van der Waals surface area (Å²) in [5.74, 6) is 2.07. The summed E-state index contributed by atoms with van der Waals surface area (Å²) in [6.45, 7) is 6.04. The molecule has 6 heteroatoms. The van der Waals surface area contributed by atoms with Gasteiger partial charge < -0.3 is 5.32 Å². The zero-order chi connectivity index (χ0) is 13.7. The van der Waals surface area contributed by atoms with Crippen LogP contribution in [0.1, 0.15) is 19.4 Å². The summed E-state index contributed by atoms with van der Waals surface area (Å²) in [7, 11) is 0. The molecule has 0 aliphatic carbocycles. The Kier molecular flexibility index (Phi) is 5.75. The van der Waals surface area contributed by atoms with Gasteiger partial charge in [-0.05, 0) is 31.2 Å². The number of anilines is 1. The van der Waals surface area contributed by atoms with Gasteiger partial charge in [0.15, 0.2) is 0 Å². The third-order valence-corrected chi connectivity index (χ3v) is 3.91. The molecule has 0 bridgehead atoms. The number of hydrogen-bond acceptors (Lipinski definition) is 4. The van der Waals surface area contributed by atoms with Gasteiger partial charge in [0.2, 0.25) is 0 Å². The van der Waals surface area contributed by atoms with Gasteiger partial charge in [-0.2, -0.15) is 11.8 Å². The molecule has 4 nitrogen and oxygen atoms in total. The van der Waals surface area contributed by atoms with Crippen LogP contribution in [0.25, 0.3) is 0 Å². The Morgan fingerprint density at radius 2 is 2.22 bits per heavy atom. The number of nitrogens with zero attached hydrogens (tertiary/aromatic N) is 1. The monoisotopic (exact) mass is 288 g/mol. The first kappa shape index (κ1) is 15.1. The molecule has 0 radical (unpaired) electrons. The van der Waals surface area contributed by atoms with Gasteiger partial charge in [-0.25, -0.2) is 0 Å². The molecule has 0 amide bonds. The SMILES string of the molecule is CCSCC(C)Nc1cc(Cl)c([N+](=O)[O-])cc1C. The van der Waals surface area contributed by atoms with Crippen LogP contribution in [-0.2, 0) is 0 Å². The van der Waals surface area contributed by atoms with E-state index in [4.69, 9.17) is 11.6 Å². The molecule has 0 aliphatic heterocycles. The highest BCUT2D eigenvalue weighted by Gasteiger charge is 2.15. The maximum Gasteiger partial charge on any atom is 0.288 e. The second kappa shape index (κ2) is 6.85. The second-order valence-corrected chi connectivity index (χ2v) is 5.81. The van der Waals surface area contributed by atoms with E-state index < -0.39 is 4.92 Å². The third-order valence-electron chi connectivity index (χ3n) is 2.46. The number of nitrogens with one attached hydrogen (secondary N) is 1. The second-order valence-electron chi connectivity index (χ2n) is 4.08. The van der Waals surface area contributed by atoms with Gasteiger partial charge >= 0.3 is 0 Å². The van der Waals surface area contributed by atoms with Crippen LogP contribution in [0.3, 0.4) is 0 Å². The maximum absolute atomic E-state index is 10.7. The van der Waals surface area contributed by atoms with Gasteiger partial charge in [-0.3, -0.25) is 10.1 Å². The summed E-state index contributed by atoms with van der Waals surface area (Å²) in [6, 6.07) is 3.43. The summed E-state index contributed by atoms with van der Waals surface area (Å²) < 4.78 is 0. The van der Waals surface area contributed by atoms with Crippen molar-refractivity contribution < 1.29 is 4.92 Å². The molecule has 1 aromatic carbocycles. The van der Waals surface area contributed by atoms with Crippen LogP contribution >= 0.6 is 23.4 Å². The first-order valence-electron chi connectivity index (χ1n) is 5.74. The van der Waals surface area contributed by atoms with Crippen molar-refractivity contribution >= 4 is 34.7 Å². The summed E-state index contributed by atoms with van der Waals surface area (Å²) in [4.78, 5) is 10.3. The Balaban J connectivity index is 2.84. The van der Waals surface area contributed by atoms with Crippen LogP contribution < -0.4 is 5.32 Å². The Bertz CT molecular complexity index is 440. The van der Waals surface area contributed by atoms with Crippen molar-refractivity contribution in [2.24, 2.45) is 0 Å². The Morgan fingerprint density at radius 3 is 2.78 bits per heavy atom. The number of thioether (sulfide) groups is 1. The van der Waals surface area contributed by atoms with Gasteiger partial charge in [0.1, 0.15) is 5.02 Å². The van der Waals surface area contributed by atoms with Crippen molar-refractivity contribution in [2.45, 2.75) is 26.8 Å². The Labute approximate surface area is 116 Å². The molecule has 0 heterocycles. The van der Waals surface area contributed by atoms with Crippen molar-refractivity contribution in [1.29, 1.82) is 0 Å². The third kappa shape index (κ3) is 4.07. The lowest BCUT2D eigenvalue weighted by molar-refractivity contribution is -0.384. The molecular formula is C12H17ClN2O2S. The van der Waals surface area contributed by atoms with Crippen LogP contribution in [0.4, 0.5) is 11.4 Å². The fourth-order valence-corrected chi connectivity index (χ4v) is 2.47. The molecule has 18 heavy (non-hydrogen) atoms. The Hall–Kier alpha value is -0.940. The fourth-order valence-electron chi connectivity index (χ4n) is 1.56. The number of nitro benzene ring substituents is 1. The predicted octanol–water partition coefficient (Wildman–Crippen LogP) is 4.11. The molecule has 100 valence electrons.